The SMILES string of the molecule is CC(C)(C(=O)NS(=O)(=O)c1ccc(C#N)c(Cl)c1)c1cccc(C#N)c1. The van der Waals surface area contributed by atoms with E-state index in [0.29, 0.717) is 11.1 Å². The molecule has 0 spiro atoms. The van der Waals surface area contributed by atoms with Gasteiger partial charge in [-0.15, -0.1) is 0 Å². The minimum atomic E-state index is -4.17. The number of halogens is 1. The van der Waals surface area contributed by atoms with Crippen LogP contribution in [0.5, 0.6) is 0 Å². The molecule has 2 aromatic carbocycles. The number of carbonyl (C=O) groups excluding carboxylic acids is 1. The number of nitrogens with one attached hydrogen (secondary N) is 1. The van der Waals surface area contributed by atoms with Gasteiger partial charge >= 0.3 is 0 Å². The maximum absolute atomic E-state index is 12.6. The van der Waals surface area contributed by atoms with E-state index >= 15 is 0 Å². The van der Waals surface area contributed by atoms with Crippen molar-refractivity contribution >= 4 is 27.5 Å². The summed E-state index contributed by atoms with van der Waals surface area (Å²) in [5, 5.41) is 17.8. The second-order valence-corrected chi connectivity index (χ2v) is 8.10. The highest BCUT2D eigenvalue weighted by Crippen LogP contribution is 2.26. The van der Waals surface area contributed by atoms with Crippen LogP contribution in [0, 0.1) is 22.7 Å². The zero-order chi connectivity index (χ0) is 19.5. The van der Waals surface area contributed by atoms with Gasteiger partial charge in [-0.2, -0.15) is 10.5 Å². The fraction of sp³-hybridized carbons (Fsp3) is 0.167. The van der Waals surface area contributed by atoms with Crippen LogP contribution in [0.2, 0.25) is 5.02 Å². The molecule has 0 radical (unpaired) electrons. The molecule has 1 amide bonds. The molecule has 0 aliphatic rings. The first-order valence-corrected chi connectivity index (χ1v) is 9.25. The van der Waals surface area contributed by atoms with Gasteiger partial charge in [0.05, 0.1) is 32.5 Å². The number of nitriles is 2. The van der Waals surface area contributed by atoms with Gasteiger partial charge in [-0.3, -0.25) is 4.79 Å². The van der Waals surface area contributed by atoms with E-state index in [9.17, 15) is 13.2 Å². The number of carbonyl (C=O) groups is 1. The van der Waals surface area contributed by atoms with Crippen LogP contribution >= 0.6 is 11.6 Å². The van der Waals surface area contributed by atoms with Crippen molar-refractivity contribution in [2.75, 3.05) is 0 Å². The first kappa shape index (κ1) is 19.5. The summed E-state index contributed by atoms with van der Waals surface area (Å²) in [6.07, 6.45) is 0. The van der Waals surface area contributed by atoms with E-state index in [1.54, 1.807) is 32.0 Å². The molecule has 0 bridgehead atoms. The van der Waals surface area contributed by atoms with Gasteiger partial charge in [0.25, 0.3) is 10.0 Å². The van der Waals surface area contributed by atoms with E-state index < -0.39 is 21.3 Å². The maximum atomic E-state index is 12.6. The molecule has 0 unspecified atom stereocenters. The highest BCUT2D eigenvalue weighted by molar-refractivity contribution is 7.90. The van der Waals surface area contributed by atoms with Crippen molar-refractivity contribution in [1.82, 2.24) is 4.72 Å². The van der Waals surface area contributed by atoms with Gasteiger partial charge in [-0.1, -0.05) is 23.7 Å². The van der Waals surface area contributed by atoms with Crippen LogP contribution in [0.3, 0.4) is 0 Å². The molecule has 1 N–H and O–H groups in total. The summed E-state index contributed by atoms with van der Waals surface area (Å²) >= 11 is 5.86. The van der Waals surface area contributed by atoms with Crippen LogP contribution in [0.15, 0.2) is 47.4 Å². The highest BCUT2D eigenvalue weighted by Gasteiger charge is 2.33. The third-order valence-corrected chi connectivity index (χ3v) is 5.52. The van der Waals surface area contributed by atoms with E-state index in [1.165, 1.54) is 18.2 Å². The third kappa shape index (κ3) is 3.85. The average molecular weight is 388 g/mol. The Balaban J connectivity index is 2.34. The van der Waals surface area contributed by atoms with E-state index in [-0.39, 0.29) is 15.5 Å². The third-order valence-electron chi connectivity index (χ3n) is 3.88. The Morgan fingerprint density at radius 3 is 2.38 bits per heavy atom. The van der Waals surface area contributed by atoms with Crippen LogP contribution in [0.25, 0.3) is 0 Å². The number of rotatable bonds is 4. The van der Waals surface area contributed by atoms with E-state index in [1.807, 2.05) is 16.9 Å². The Kier molecular flexibility index (Phi) is 5.36. The van der Waals surface area contributed by atoms with Crippen LogP contribution < -0.4 is 4.72 Å². The predicted molar refractivity (Wildman–Crippen MR) is 95.7 cm³/mol. The lowest BCUT2D eigenvalue weighted by Gasteiger charge is -2.24. The molecular weight excluding hydrogens is 374 g/mol. The van der Waals surface area contributed by atoms with E-state index in [2.05, 4.69) is 0 Å². The van der Waals surface area contributed by atoms with Crippen LogP contribution in [-0.4, -0.2) is 14.3 Å². The van der Waals surface area contributed by atoms with Gasteiger partial charge in [0.15, 0.2) is 0 Å². The normalized spacial score (nSPS) is 11.3. The Morgan fingerprint density at radius 2 is 1.81 bits per heavy atom. The minimum Gasteiger partial charge on any atom is -0.273 e. The van der Waals surface area contributed by atoms with Crippen LogP contribution in [-0.2, 0) is 20.2 Å². The largest absolute Gasteiger partial charge is 0.273 e. The van der Waals surface area contributed by atoms with Crippen molar-refractivity contribution in [3.63, 3.8) is 0 Å². The predicted octanol–water partition coefficient (Wildman–Crippen LogP) is 2.87. The summed E-state index contributed by atoms with van der Waals surface area (Å²) in [5.74, 6) is -0.756. The lowest BCUT2D eigenvalue weighted by molar-refractivity contribution is -0.123. The summed E-state index contributed by atoms with van der Waals surface area (Å²) in [6, 6.07) is 13.8. The Morgan fingerprint density at radius 1 is 1.12 bits per heavy atom. The van der Waals surface area contributed by atoms with Crippen LogP contribution in [0.1, 0.15) is 30.5 Å². The molecule has 0 saturated carbocycles. The smallest absolute Gasteiger partial charge is 0.264 e. The first-order chi connectivity index (χ1) is 12.1. The molecule has 0 aliphatic carbocycles. The monoisotopic (exact) mass is 387 g/mol. The summed E-state index contributed by atoms with van der Waals surface area (Å²) in [7, 11) is -4.17. The lowest BCUT2D eigenvalue weighted by Crippen LogP contribution is -2.43. The fourth-order valence-electron chi connectivity index (χ4n) is 2.17. The standard InChI is InChI=1S/C18H14ClN3O3S/c1-18(2,14-5-3-4-12(8-14)10-20)17(23)22-26(24,25)15-7-6-13(11-21)16(19)9-15/h3-9H,1-2H3,(H,22,23). The van der Waals surface area contributed by atoms with E-state index in [0.717, 1.165) is 6.07 Å². The zero-order valence-corrected chi connectivity index (χ0v) is 15.5. The highest BCUT2D eigenvalue weighted by atomic mass is 35.5. The number of nitrogens with zero attached hydrogens (tertiary/aromatic N) is 2. The average Bonchev–Trinajstić information content (AvgIpc) is 2.61. The Bertz CT molecular complexity index is 1060. The van der Waals surface area contributed by atoms with Gasteiger partial charge in [0, 0.05) is 0 Å². The van der Waals surface area contributed by atoms with Gasteiger partial charge in [0.2, 0.25) is 5.91 Å². The van der Waals surface area contributed by atoms with Crippen molar-refractivity contribution in [2.45, 2.75) is 24.2 Å². The molecule has 0 atom stereocenters. The lowest BCUT2D eigenvalue weighted by atomic mass is 9.83. The molecule has 0 saturated heterocycles. The van der Waals surface area contributed by atoms with Gasteiger partial charge in [0.1, 0.15) is 6.07 Å². The summed E-state index contributed by atoms with van der Waals surface area (Å²) < 4.78 is 27.0. The summed E-state index contributed by atoms with van der Waals surface area (Å²) in [6.45, 7) is 3.11. The molecule has 26 heavy (non-hydrogen) atoms. The molecule has 0 heterocycles. The molecule has 6 nitrogen and oxygen atoms in total. The van der Waals surface area contributed by atoms with Crippen molar-refractivity contribution in [3.05, 3.63) is 64.2 Å². The Hall–Kier alpha value is -2.87. The molecule has 0 aromatic heterocycles. The summed E-state index contributed by atoms with van der Waals surface area (Å²) in [4.78, 5) is 12.4. The number of sulfonamides is 1. The molecular formula is C18H14ClN3O3S. The van der Waals surface area contributed by atoms with Crippen molar-refractivity contribution in [2.24, 2.45) is 0 Å². The maximum Gasteiger partial charge on any atom is 0.264 e. The van der Waals surface area contributed by atoms with Gasteiger partial charge in [-0.25, -0.2) is 13.1 Å². The second kappa shape index (κ2) is 7.17. The Labute approximate surface area is 156 Å². The molecule has 0 aliphatic heterocycles. The minimum absolute atomic E-state index is 0.0243. The number of amides is 1. The van der Waals surface area contributed by atoms with Gasteiger partial charge < -0.3 is 0 Å². The van der Waals surface area contributed by atoms with Crippen LogP contribution in [0.4, 0.5) is 0 Å². The molecule has 2 aromatic rings. The van der Waals surface area contributed by atoms with Crippen molar-refractivity contribution in [3.8, 4) is 12.1 Å². The zero-order valence-electron chi connectivity index (χ0n) is 13.9. The molecule has 8 heteroatoms. The number of hydrogen-bond donors (Lipinski definition) is 1. The number of benzene rings is 2. The first-order valence-electron chi connectivity index (χ1n) is 7.39. The second-order valence-electron chi connectivity index (χ2n) is 6.01. The molecule has 132 valence electrons. The van der Waals surface area contributed by atoms with Crippen molar-refractivity contribution < 1.29 is 13.2 Å². The van der Waals surface area contributed by atoms with Crippen molar-refractivity contribution in [1.29, 1.82) is 10.5 Å². The number of hydrogen-bond acceptors (Lipinski definition) is 5. The topological polar surface area (TPSA) is 111 Å². The van der Waals surface area contributed by atoms with Gasteiger partial charge in [-0.05, 0) is 49.7 Å². The molecule has 2 rings (SSSR count). The summed E-state index contributed by atoms with van der Waals surface area (Å²) in [5.41, 5.74) is -0.200. The van der Waals surface area contributed by atoms with E-state index in [4.69, 9.17) is 22.1 Å². The quantitative estimate of drug-likeness (QED) is 0.866. The fourth-order valence-corrected chi connectivity index (χ4v) is 3.60. The molecule has 0 fully saturated rings.